The van der Waals surface area contributed by atoms with Gasteiger partial charge in [-0.15, -0.1) is 0 Å². The maximum Gasteiger partial charge on any atom is 0.490 e. The van der Waals surface area contributed by atoms with Gasteiger partial charge in [-0.2, -0.15) is 13.2 Å². The zero-order valence-corrected chi connectivity index (χ0v) is 26.1. The number of rotatable bonds is 9. The first-order valence-electron chi connectivity index (χ1n) is 12.8. The van der Waals surface area contributed by atoms with Gasteiger partial charge in [-0.1, -0.05) is 31.9 Å². The van der Waals surface area contributed by atoms with E-state index in [-0.39, 0.29) is 12.4 Å². The highest BCUT2D eigenvalue weighted by Gasteiger charge is 2.40. The molecule has 2 heterocycles. The number of nitrogens with two attached hydrogens (primary N) is 1. The first kappa shape index (κ1) is 34.9. The highest BCUT2D eigenvalue weighted by Crippen LogP contribution is 2.22. The van der Waals surface area contributed by atoms with Gasteiger partial charge in [0.1, 0.15) is 18.3 Å². The summed E-state index contributed by atoms with van der Waals surface area (Å²) in [6.45, 7) is 3.25. The molecule has 0 fully saturated rings. The molecule has 226 valence electrons. The number of Topliss-reactive ketones (excluding diaryl/α,β-unsaturated/α-hetero) is 1. The predicted octanol–water partition coefficient (Wildman–Crippen LogP) is 7.73. The Morgan fingerprint density at radius 1 is 0.857 bits per heavy atom. The maximum atomic E-state index is 11.2. The van der Waals surface area contributed by atoms with Crippen LogP contribution in [0.1, 0.15) is 38.1 Å². The Kier molecular flexibility index (Phi) is 14.6. The van der Waals surface area contributed by atoms with Gasteiger partial charge in [0.25, 0.3) is 0 Å². The molecule has 0 amide bonds. The van der Waals surface area contributed by atoms with Crippen molar-refractivity contribution in [2.75, 3.05) is 13.2 Å². The lowest BCUT2D eigenvalue weighted by Gasteiger charge is -2.02. The minimum atomic E-state index is -4.85. The van der Waals surface area contributed by atoms with Crippen LogP contribution in [0.2, 0.25) is 0 Å². The van der Waals surface area contributed by atoms with Crippen LogP contribution in [-0.2, 0) is 27.2 Å². The summed E-state index contributed by atoms with van der Waals surface area (Å²) < 4.78 is 50.0. The summed E-state index contributed by atoms with van der Waals surface area (Å²) in [6, 6.07) is 15.7. The van der Waals surface area contributed by atoms with Crippen LogP contribution in [0.3, 0.4) is 0 Å². The van der Waals surface area contributed by atoms with Gasteiger partial charge in [0.2, 0.25) is 11.8 Å². The zero-order valence-electron chi connectivity index (χ0n) is 22.9. The first-order chi connectivity index (χ1) is 19.9. The molecule has 0 saturated carbocycles. The van der Waals surface area contributed by atoms with Gasteiger partial charge in [0, 0.05) is 32.9 Å². The van der Waals surface area contributed by atoms with Crippen molar-refractivity contribution in [3.63, 3.8) is 0 Å². The lowest BCUT2D eigenvalue weighted by molar-refractivity contribution is -0.199. The van der Waals surface area contributed by atoms with Gasteiger partial charge in [-0.05, 0) is 81.8 Å². The number of nitrogens with zero attached hydrogens (tertiary/aromatic N) is 2. The third kappa shape index (κ3) is 12.7. The van der Waals surface area contributed by atoms with E-state index in [1.165, 1.54) is 6.92 Å². The summed E-state index contributed by atoms with van der Waals surface area (Å²) in [4.78, 5) is 29.3. The summed E-state index contributed by atoms with van der Waals surface area (Å²) in [5.74, 6) is -0.650. The van der Waals surface area contributed by atoms with Crippen molar-refractivity contribution >= 4 is 43.6 Å². The second-order valence-corrected chi connectivity index (χ2v) is 10.4. The van der Waals surface area contributed by atoms with Gasteiger partial charge < -0.3 is 24.1 Å². The lowest BCUT2D eigenvalue weighted by Crippen LogP contribution is -2.25. The van der Waals surface area contributed by atoms with E-state index in [1.54, 1.807) is 19.5 Å². The minimum Gasteiger partial charge on any atom is -0.459 e. The smallest absolute Gasteiger partial charge is 0.459 e. The third-order valence-electron chi connectivity index (χ3n) is 5.15. The van der Waals surface area contributed by atoms with E-state index in [2.05, 4.69) is 46.6 Å². The Morgan fingerprint density at radius 3 is 1.67 bits per heavy atom. The van der Waals surface area contributed by atoms with Crippen LogP contribution in [0.15, 0.2) is 78.8 Å². The van der Waals surface area contributed by atoms with Gasteiger partial charge in [-0.3, -0.25) is 0 Å². The molecule has 2 N–H and O–H groups in total. The van der Waals surface area contributed by atoms with E-state index in [9.17, 15) is 22.8 Å². The molecule has 4 aromatic rings. The van der Waals surface area contributed by atoms with Gasteiger partial charge in [0.15, 0.2) is 0 Å². The Labute approximate surface area is 258 Å². The summed E-state index contributed by atoms with van der Waals surface area (Å²) in [6.07, 6.45) is 1.42. The van der Waals surface area contributed by atoms with Crippen LogP contribution < -0.4 is 5.73 Å². The monoisotopic (exact) mass is 715 g/mol. The van der Waals surface area contributed by atoms with E-state index in [0.29, 0.717) is 24.7 Å². The standard InChI is InChI=1S/C14H14BrNO2.C11H11BrN2O.C4H5F3O2/c1-10(17)3-2-4-13-9-18-14(16-13)11-5-7-12(15)8-6-11;12-9-3-1-8(2-4-9)11-14-10(5-6-13)7-15-11;1-2-9-3(8)4(5,6)7/h5-9H,2-4H2,1H3;1-4,7H,5-6,13H2;2H2,1H3. The molecule has 4 rings (SSSR count). The Bertz CT molecular complexity index is 1390. The number of hydrogen-bond donors (Lipinski definition) is 1. The Balaban J connectivity index is 0.000000233. The molecule has 0 saturated heterocycles. The number of carbonyl (C=O) groups is 2. The predicted molar refractivity (Wildman–Crippen MR) is 158 cm³/mol. The van der Waals surface area contributed by atoms with Crippen molar-refractivity contribution in [3.8, 4) is 22.9 Å². The van der Waals surface area contributed by atoms with Crippen molar-refractivity contribution in [2.45, 2.75) is 45.7 Å². The zero-order chi connectivity index (χ0) is 31.1. The molecule has 13 heteroatoms. The molecule has 42 heavy (non-hydrogen) atoms. The number of alkyl halides is 3. The number of benzene rings is 2. The molecule has 8 nitrogen and oxygen atoms in total. The van der Waals surface area contributed by atoms with E-state index in [1.807, 2.05) is 48.5 Å². The van der Waals surface area contributed by atoms with Crippen LogP contribution in [0.5, 0.6) is 0 Å². The highest BCUT2D eigenvalue weighted by atomic mass is 79.9. The number of ketones is 1. The SMILES string of the molecule is CC(=O)CCCc1coc(-c2ccc(Br)cc2)n1.CCOC(=O)C(F)(F)F.NCCc1coc(-c2ccc(Br)cc2)n1. The molecule has 2 aromatic carbocycles. The van der Waals surface area contributed by atoms with Gasteiger partial charge in [-0.25, -0.2) is 14.8 Å². The molecule has 0 spiro atoms. The van der Waals surface area contributed by atoms with Gasteiger partial charge in [0.05, 0.1) is 18.0 Å². The van der Waals surface area contributed by atoms with Crippen molar-refractivity contribution in [1.82, 2.24) is 9.97 Å². The maximum absolute atomic E-state index is 11.2. The second-order valence-electron chi connectivity index (χ2n) is 8.61. The van der Waals surface area contributed by atoms with E-state index < -0.39 is 12.1 Å². The average Bonchev–Trinajstić information content (AvgIpc) is 3.60. The van der Waals surface area contributed by atoms with Crippen LogP contribution in [0.25, 0.3) is 22.9 Å². The van der Waals surface area contributed by atoms with Crippen LogP contribution in [0.4, 0.5) is 13.2 Å². The normalized spacial score (nSPS) is 10.7. The van der Waals surface area contributed by atoms with Crippen LogP contribution >= 0.6 is 31.9 Å². The molecule has 0 aliphatic carbocycles. The molecule has 0 aliphatic rings. The summed E-state index contributed by atoms with van der Waals surface area (Å²) >= 11 is 6.77. The number of esters is 1. The quantitative estimate of drug-likeness (QED) is 0.175. The van der Waals surface area contributed by atoms with Crippen LogP contribution in [-0.4, -0.2) is 41.0 Å². The number of aryl methyl sites for hydroxylation is 1. The fourth-order valence-corrected chi connectivity index (χ4v) is 3.70. The van der Waals surface area contributed by atoms with Gasteiger partial charge >= 0.3 is 12.1 Å². The lowest BCUT2D eigenvalue weighted by atomic mass is 10.1. The second kappa shape index (κ2) is 17.6. The summed E-state index contributed by atoms with van der Waals surface area (Å²) in [5.41, 5.74) is 9.16. The Morgan fingerprint density at radius 2 is 1.31 bits per heavy atom. The molecular formula is C29H30Br2F3N3O5. The number of carbonyl (C=O) groups excluding carboxylic acids is 2. The average molecular weight is 717 g/mol. The molecule has 2 aromatic heterocycles. The summed E-state index contributed by atoms with van der Waals surface area (Å²) in [5, 5.41) is 0. The van der Waals surface area contributed by atoms with Crippen molar-refractivity contribution in [2.24, 2.45) is 5.73 Å². The number of aromatic nitrogens is 2. The molecule has 0 bridgehead atoms. The molecule has 0 unspecified atom stereocenters. The number of hydrogen-bond acceptors (Lipinski definition) is 8. The number of oxazole rings is 2. The first-order valence-corrected chi connectivity index (χ1v) is 14.4. The highest BCUT2D eigenvalue weighted by molar-refractivity contribution is 9.10. The largest absolute Gasteiger partial charge is 0.490 e. The molecule has 0 radical (unpaired) electrons. The third-order valence-corrected chi connectivity index (χ3v) is 6.21. The van der Waals surface area contributed by atoms with Crippen molar-refractivity contribution in [1.29, 1.82) is 0 Å². The van der Waals surface area contributed by atoms with Crippen LogP contribution in [0, 0.1) is 0 Å². The molecule has 0 atom stereocenters. The summed E-state index contributed by atoms with van der Waals surface area (Å²) in [7, 11) is 0. The van der Waals surface area contributed by atoms with Crippen molar-refractivity contribution in [3.05, 3.63) is 81.4 Å². The fourth-order valence-electron chi connectivity index (χ4n) is 3.17. The molecule has 0 aliphatic heterocycles. The fraction of sp³-hybridized carbons (Fsp3) is 0.310. The van der Waals surface area contributed by atoms with E-state index in [0.717, 1.165) is 50.7 Å². The van der Waals surface area contributed by atoms with E-state index >= 15 is 0 Å². The number of ether oxygens (including phenoxy) is 1. The Hall–Kier alpha value is -3.29. The minimum absolute atomic E-state index is 0.214. The number of halogens is 5. The molecular weight excluding hydrogens is 687 g/mol. The van der Waals surface area contributed by atoms with Crippen molar-refractivity contribution < 1.29 is 36.3 Å². The topological polar surface area (TPSA) is 121 Å². The van der Waals surface area contributed by atoms with E-state index in [4.69, 9.17) is 14.6 Å².